The molecule has 2 aliphatic rings. The van der Waals surface area contributed by atoms with Crippen molar-refractivity contribution in [3.05, 3.63) is 52.6 Å². The SMILES string of the molecule is Cn1nc(C(F)F)c(C(=O)N(Cc2ccccc2C2CCCCC2)C2CC2)c1F. The van der Waals surface area contributed by atoms with Crippen LogP contribution in [-0.2, 0) is 13.6 Å². The van der Waals surface area contributed by atoms with Gasteiger partial charge in [0.2, 0.25) is 5.95 Å². The van der Waals surface area contributed by atoms with Crippen molar-refractivity contribution in [1.29, 1.82) is 0 Å². The number of aromatic nitrogens is 2. The maximum atomic E-state index is 14.5. The molecule has 0 bridgehead atoms. The normalized spacial score (nSPS) is 17.7. The number of rotatable bonds is 6. The van der Waals surface area contributed by atoms with E-state index < -0.39 is 29.5 Å². The summed E-state index contributed by atoms with van der Waals surface area (Å²) < 4.78 is 42.0. The van der Waals surface area contributed by atoms with Crippen LogP contribution >= 0.6 is 0 Å². The third kappa shape index (κ3) is 4.05. The Morgan fingerprint density at radius 2 is 1.86 bits per heavy atom. The minimum Gasteiger partial charge on any atom is -0.331 e. The average molecular weight is 405 g/mol. The van der Waals surface area contributed by atoms with E-state index in [4.69, 9.17) is 0 Å². The van der Waals surface area contributed by atoms with E-state index in [-0.39, 0.29) is 6.04 Å². The van der Waals surface area contributed by atoms with Gasteiger partial charge in [0.05, 0.1) is 0 Å². The number of alkyl halides is 2. The fraction of sp³-hybridized carbons (Fsp3) is 0.545. The van der Waals surface area contributed by atoms with E-state index in [9.17, 15) is 18.0 Å². The van der Waals surface area contributed by atoms with Crippen LogP contribution in [0.4, 0.5) is 13.2 Å². The Morgan fingerprint density at radius 3 is 2.52 bits per heavy atom. The molecule has 1 aromatic heterocycles. The van der Waals surface area contributed by atoms with E-state index in [1.54, 1.807) is 4.90 Å². The van der Waals surface area contributed by atoms with Gasteiger partial charge in [0.1, 0.15) is 11.3 Å². The van der Waals surface area contributed by atoms with Crippen molar-refractivity contribution in [3.63, 3.8) is 0 Å². The summed E-state index contributed by atoms with van der Waals surface area (Å²) in [6, 6.07) is 8.02. The zero-order valence-corrected chi connectivity index (χ0v) is 16.6. The molecule has 1 heterocycles. The maximum Gasteiger partial charge on any atom is 0.283 e. The van der Waals surface area contributed by atoms with Gasteiger partial charge in [-0.15, -0.1) is 0 Å². The highest BCUT2D eigenvalue weighted by Crippen LogP contribution is 2.37. The first-order valence-corrected chi connectivity index (χ1v) is 10.4. The Morgan fingerprint density at radius 1 is 1.17 bits per heavy atom. The number of aryl methyl sites for hydroxylation is 1. The summed E-state index contributed by atoms with van der Waals surface area (Å²) in [5.74, 6) is -1.23. The Kier molecular flexibility index (Phi) is 5.65. The van der Waals surface area contributed by atoms with Crippen molar-refractivity contribution in [2.75, 3.05) is 0 Å². The largest absolute Gasteiger partial charge is 0.331 e. The van der Waals surface area contributed by atoms with Crippen molar-refractivity contribution < 1.29 is 18.0 Å². The number of amides is 1. The van der Waals surface area contributed by atoms with Crippen LogP contribution in [0.3, 0.4) is 0 Å². The molecule has 2 aromatic rings. The van der Waals surface area contributed by atoms with Crippen LogP contribution in [0.25, 0.3) is 0 Å². The number of carbonyl (C=O) groups excluding carboxylic acids is 1. The lowest BCUT2D eigenvalue weighted by Gasteiger charge is -2.28. The minimum absolute atomic E-state index is 0.0351. The lowest BCUT2D eigenvalue weighted by atomic mass is 9.82. The number of benzene rings is 1. The van der Waals surface area contributed by atoms with Gasteiger partial charge >= 0.3 is 0 Å². The lowest BCUT2D eigenvalue weighted by molar-refractivity contribution is 0.0711. The molecule has 4 nitrogen and oxygen atoms in total. The van der Waals surface area contributed by atoms with Crippen LogP contribution < -0.4 is 0 Å². The molecule has 2 saturated carbocycles. The monoisotopic (exact) mass is 405 g/mol. The fourth-order valence-electron chi connectivity index (χ4n) is 4.44. The van der Waals surface area contributed by atoms with E-state index in [1.165, 1.54) is 31.9 Å². The molecule has 0 radical (unpaired) electrons. The van der Waals surface area contributed by atoms with Crippen molar-refractivity contribution in [2.45, 2.75) is 69.9 Å². The van der Waals surface area contributed by atoms with E-state index >= 15 is 0 Å². The van der Waals surface area contributed by atoms with Crippen molar-refractivity contribution in [1.82, 2.24) is 14.7 Å². The number of hydrogen-bond donors (Lipinski definition) is 0. The highest BCUT2D eigenvalue weighted by molar-refractivity contribution is 5.96. The van der Waals surface area contributed by atoms with Crippen molar-refractivity contribution in [2.24, 2.45) is 7.05 Å². The maximum absolute atomic E-state index is 14.5. The minimum atomic E-state index is -3.00. The van der Waals surface area contributed by atoms with Gasteiger partial charge in [0, 0.05) is 19.6 Å². The molecule has 0 saturated heterocycles. The number of nitrogens with zero attached hydrogens (tertiary/aromatic N) is 3. The Hall–Kier alpha value is -2.31. The first kappa shape index (κ1) is 20.0. The fourth-order valence-corrected chi connectivity index (χ4v) is 4.44. The third-order valence-electron chi connectivity index (χ3n) is 6.11. The summed E-state index contributed by atoms with van der Waals surface area (Å²) in [7, 11) is 1.23. The molecule has 0 atom stereocenters. The zero-order valence-electron chi connectivity index (χ0n) is 16.6. The standard InChI is InChI=1S/C22H26F3N3O/c1-27-21(25)18(19(26-27)20(23)24)22(29)28(16-11-12-16)13-15-9-5-6-10-17(15)14-7-3-2-4-8-14/h5-6,9-10,14,16,20H,2-4,7-8,11-13H2,1H3. The van der Waals surface area contributed by atoms with Crippen LogP contribution in [0, 0.1) is 5.95 Å². The quantitative estimate of drug-likeness (QED) is 0.650. The topological polar surface area (TPSA) is 38.1 Å². The molecule has 1 aromatic carbocycles. The summed E-state index contributed by atoms with van der Waals surface area (Å²) in [6.07, 6.45) is 4.52. The molecule has 0 spiro atoms. The molecule has 29 heavy (non-hydrogen) atoms. The van der Waals surface area contributed by atoms with Gasteiger partial charge in [-0.3, -0.25) is 4.79 Å². The van der Waals surface area contributed by atoms with Crippen LogP contribution in [0.2, 0.25) is 0 Å². The lowest BCUT2D eigenvalue weighted by Crippen LogP contribution is -2.34. The van der Waals surface area contributed by atoms with Crippen molar-refractivity contribution >= 4 is 5.91 Å². The van der Waals surface area contributed by atoms with Crippen molar-refractivity contribution in [3.8, 4) is 0 Å². The second kappa shape index (κ2) is 8.20. The van der Waals surface area contributed by atoms with Gasteiger partial charge in [-0.05, 0) is 42.7 Å². The molecule has 4 rings (SSSR count). The summed E-state index contributed by atoms with van der Waals surface area (Å²) in [5, 5.41) is 3.54. The van der Waals surface area contributed by atoms with E-state index in [0.717, 1.165) is 35.9 Å². The van der Waals surface area contributed by atoms with Gasteiger partial charge in [0.25, 0.3) is 12.3 Å². The van der Waals surface area contributed by atoms with Gasteiger partial charge in [-0.2, -0.15) is 9.49 Å². The molecule has 2 fully saturated rings. The number of hydrogen-bond acceptors (Lipinski definition) is 2. The van der Waals surface area contributed by atoms with Gasteiger partial charge in [0.15, 0.2) is 0 Å². The van der Waals surface area contributed by atoms with Crippen LogP contribution in [-0.4, -0.2) is 26.6 Å². The molecule has 2 aliphatic carbocycles. The Bertz CT molecular complexity index is 885. The molecule has 7 heteroatoms. The molecular formula is C22H26F3N3O. The highest BCUT2D eigenvalue weighted by Gasteiger charge is 2.38. The summed E-state index contributed by atoms with van der Waals surface area (Å²) in [6.45, 7) is 0.313. The van der Waals surface area contributed by atoms with Crippen LogP contribution in [0.5, 0.6) is 0 Å². The Balaban J connectivity index is 1.65. The second-order valence-corrected chi connectivity index (χ2v) is 8.17. The first-order chi connectivity index (χ1) is 14.0. The van der Waals surface area contributed by atoms with E-state index in [2.05, 4.69) is 11.2 Å². The second-order valence-electron chi connectivity index (χ2n) is 8.17. The van der Waals surface area contributed by atoms with Gasteiger partial charge in [-0.1, -0.05) is 43.5 Å². The number of carbonyl (C=O) groups is 1. The van der Waals surface area contributed by atoms with E-state index in [0.29, 0.717) is 12.5 Å². The summed E-state index contributed by atoms with van der Waals surface area (Å²) in [4.78, 5) is 14.7. The van der Waals surface area contributed by atoms with Crippen LogP contribution in [0.1, 0.15) is 84.5 Å². The molecule has 156 valence electrons. The third-order valence-corrected chi connectivity index (χ3v) is 6.11. The molecule has 0 aliphatic heterocycles. The molecular weight excluding hydrogens is 379 g/mol. The molecule has 0 N–H and O–H groups in total. The van der Waals surface area contributed by atoms with Crippen LogP contribution in [0.15, 0.2) is 24.3 Å². The Labute approximate surface area is 168 Å². The van der Waals surface area contributed by atoms with E-state index in [1.807, 2.05) is 18.2 Å². The predicted octanol–water partition coefficient (Wildman–Crippen LogP) is 5.35. The number of halogens is 3. The van der Waals surface area contributed by atoms with Gasteiger partial charge < -0.3 is 4.90 Å². The smallest absolute Gasteiger partial charge is 0.283 e. The molecule has 0 unspecified atom stereocenters. The highest BCUT2D eigenvalue weighted by atomic mass is 19.3. The summed E-state index contributed by atoms with van der Waals surface area (Å²) in [5.41, 5.74) is 0.889. The zero-order chi connectivity index (χ0) is 20.5. The molecule has 1 amide bonds. The summed E-state index contributed by atoms with van der Waals surface area (Å²) >= 11 is 0. The predicted molar refractivity (Wildman–Crippen MR) is 103 cm³/mol. The van der Waals surface area contributed by atoms with Gasteiger partial charge in [-0.25, -0.2) is 13.5 Å². The first-order valence-electron chi connectivity index (χ1n) is 10.4. The average Bonchev–Trinajstić information content (AvgIpc) is 3.52.